The first-order chi connectivity index (χ1) is 13.8. The number of fused-ring (bicyclic) bond motifs is 1. The summed E-state index contributed by atoms with van der Waals surface area (Å²) in [4.78, 5) is 40.3. The van der Waals surface area contributed by atoms with E-state index in [0.29, 0.717) is 29.8 Å². The second kappa shape index (κ2) is 7.32. The number of benzene rings is 2. The zero-order valence-corrected chi connectivity index (χ0v) is 16.9. The zero-order chi connectivity index (χ0) is 20.7. The van der Waals surface area contributed by atoms with E-state index in [2.05, 4.69) is 5.32 Å². The second-order valence-corrected chi connectivity index (χ2v) is 8.06. The summed E-state index contributed by atoms with van der Waals surface area (Å²) in [6.45, 7) is 5.92. The topological polar surface area (TPSA) is 66.5 Å². The molecule has 1 aliphatic carbocycles. The van der Waals surface area contributed by atoms with Crippen LogP contribution in [0.4, 0.5) is 11.4 Å². The highest BCUT2D eigenvalue weighted by Gasteiger charge is 2.49. The Balaban J connectivity index is 1.66. The summed E-state index contributed by atoms with van der Waals surface area (Å²) in [6.07, 6.45) is 3.21. The van der Waals surface area contributed by atoms with Gasteiger partial charge in [0, 0.05) is 5.69 Å². The number of aryl methyl sites for hydroxylation is 2. The number of nitrogens with zero attached hydrogens (tertiary/aromatic N) is 1. The lowest BCUT2D eigenvalue weighted by atomic mass is 9.82. The van der Waals surface area contributed by atoms with Gasteiger partial charge in [0.2, 0.25) is 11.8 Å². The van der Waals surface area contributed by atoms with Gasteiger partial charge in [-0.3, -0.25) is 14.4 Å². The highest BCUT2D eigenvalue weighted by molar-refractivity contribution is 6.25. The zero-order valence-electron chi connectivity index (χ0n) is 16.9. The number of para-hydroxylation sites is 1. The number of nitrogens with one attached hydrogen (secondary N) is 1. The molecule has 0 saturated carbocycles. The van der Waals surface area contributed by atoms with E-state index in [-0.39, 0.29) is 29.6 Å². The molecule has 0 unspecified atom stereocenters. The highest BCUT2D eigenvalue weighted by atomic mass is 16.2. The van der Waals surface area contributed by atoms with E-state index >= 15 is 0 Å². The van der Waals surface area contributed by atoms with Gasteiger partial charge >= 0.3 is 0 Å². The Bertz CT molecular complexity index is 1030. The SMILES string of the molecule is CC1=CC[C@H]2C(=O)N(c3ccccc3C(=O)Nc3cc(C)cc(C)c3)C(=O)[C@H]2C1. The fourth-order valence-electron chi connectivity index (χ4n) is 4.38. The summed E-state index contributed by atoms with van der Waals surface area (Å²) in [5.74, 6) is -1.42. The largest absolute Gasteiger partial charge is 0.322 e. The molecule has 1 N–H and O–H groups in total. The molecule has 1 heterocycles. The Morgan fingerprint density at radius 1 is 0.966 bits per heavy atom. The molecule has 5 heteroatoms. The predicted molar refractivity (Wildman–Crippen MR) is 113 cm³/mol. The van der Waals surface area contributed by atoms with Crippen molar-refractivity contribution in [2.75, 3.05) is 10.2 Å². The number of carbonyl (C=O) groups is 3. The van der Waals surface area contributed by atoms with Crippen molar-refractivity contribution < 1.29 is 14.4 Å². The van der Waals surface area contributed by atoms with Crippen molar-refractivity contribution in [3.05, 3.63) is 70.8 Å². The summed E-state index contributed by atoms with van der Waals surface area (Å²) in [5, 5.41) is 2.90. The monoisotopic (exact) mass is 388 g/mol. The molecule has 148 valence electrons. The van der Waals surface area contributed by atoms with Crippen LogP contribution in [0.15, 0.2) is 54.1 Å². The third-order valence-electron chi connectivity index (χ3n) is 5.69. The molecule has 29 heavy (non-hydrogen) atoms. The maximum absolute atomic E-state index is 13.1. The van der Waals surface area contributed by atoms with Crippen molar-refractivity contribution in [2.45, 2.75) is 33.6 Å². The molecule has 0 spiro atoms. The fourth-order valence-corrected chi connectivity index (χ4v) is 4.38. The molecule has 5 nitrogen and oxygen atoms in total. The number of hydrogen-bond acceptors (Lipinski definition) is 3. The van der Waals surface area contributed by atoms with Gasteiger partial charge in [0.1, 0.15) is 0 Å². The highest BCUT2D eigenvalue weighted by Crippen LogP contribution is 2.40. The van der Waals surface area contributed by atoms with Crippen LogP contribution in [0.3, 0.4) is 0 Å². The molecular weight excluding hydrogens is 364 g/mol. The van der Waals surface area contributed by atoms with Gasteiger partial charge in [0.15, 0.2) is 0 Å². The summed E-state index contributed by atoms with van der Waals surface area (Å²) >= 11 is 0. The fraction of sp³-hybridized carbons (Fsp3) is 0.292. The third-order valence-corrected chi connectivity index (χ3v) is 5.69. The molecule has 1 fully saturated rings. The first kappa shape index (κ1) is 19.1. The van der Waals surface area contributed by atoms with Gasteiger partial charge < -0.3 is 5.32 Å². The summed E-state index contributed by atoms with van der Waals surface area (Å²) in [7, 11) is 0. The van der Waals surface area contributed by atoms with Crippen molar-refractivity contribution in [3.63, 3.8) is 0 Å². The minimum absolute atomic E-state index is 0.209. The van der Waals surface area contributed by atoms with Crippen LogP contribution >= 0.6 is 0 Å². The molecule has 2 atom stereocenters. The Morgan fingerprint density at radius 3 is 2.34 bits per heavy atom. The Labute approximate surface area is 170 Å². The van der Waals surface area contributed by atoms with Crippen LogP contribution in [-0.2, 0) is 9.59 Å². The second-order valence-electron chi connectivity index (χ2n) is 8.06. The van der Waals surface area contributed by atoms with Crippen LogP contribution in [0.1, 0.15) is 41.3 Å². The number of imide groups is 1. The number of anilines is 2. The minimum Gasteiger partial charge on any atom is -0.322 e. The molecule has 2 aliphatic rings. The number of carbonyl (C=O) groups excluding carboxylic acids is 3. The van der Waals surface area contributed by atoms with Crippen molar-refractivity contribution in [2.24, 2.45) is 11.8 Å². The van der Waals surface area contributed by atoms with E-state index in [0.717, 1.165) is 16.7 Å². The molecule has 1 saturated heterocycles. The third kappa shape index (κ3) is 3.48. The van der Waals surface area contributed by atoms with Gasteiger partial charge in [-0.2, -0.15) is 0 Å². The predicted octanol–water partition coefficient (Wildman–Crippen LogP) is 4.40. The first-order valence-electron chi connectivity index (χ1n) is 9.87. The van der Waals surface area contributed by atoms with Crippen LogP contribution in [-0.4, -0.2) is 17.7 Å². The van der Waals surface area contributed by atoms with Crippen molar-refractivity contribution >= 4 is 29.1 Å². The van der Waals surface area contributed by atoms with Crippen molar-refractivity contribution in [1.29, 1.82) is 0 Å². The van der Waals surface area contributed by atoms with Crippen molar-refractivity contribution in [1.82, 2.24) is 0 Å². The van der Waals surface area contributed by atoms with E-state index < -0.39 is 0 Å². The molecule has 0 aromatic heterocycles. The van der Waals surface area contributed by atoms with E-state index in [9.17, 15) is 14.4 Å². The van der Waals surface area contributed by atoms with E-state index in [4.69, 9.17) is 0 Å². The molecule has 0 bridgehead atoms. The van der Waals surface area contributed by atoms with Gasteiger partial charge in [-0.05, 0) is 69.0 Å². The first-order valence-corrected chi connectivity index (χ1v) is 9.87. The van der Waals surface area contributed by atoms with Crippen LogP contribution in [0.25, 0.3) is 0 Å². The van der Waals surface area contributed by atoms with Gasteiger partial charge in [-0.15, -0.1) is 0 Å². The van der Waals surface area contributed by atoms with Gasteiger partial charge in [0.25, 0.3) is 5.91 Å². The summed E-state index contributed by atoms with van der Waals surface area (Å²) < 4.78 is 0. The smallest absolute Gasteiger partial charge is 0.257 e. The molecule has 2 aromatic carbocycles. The molecule has 1 aliphatic heterocycles. The maximum atomic E-state index is 13.1. The lowest BCUT2D eigenvalue weighted by Gasteiger charge is -2.19. The van der Waals surface area contributed by atoms with Crippen LogP contribution in [0.2, 0.25) is 0 Å². The Hall–Kier alpha value is -3.21. The summed E-state index contributed by atoms with van der Waals surface area (Å²) in [6, 6.07) is 12.6. The number of hydrogen-bond donors (Lipinski definition) is 1. The average molecular weight is 388 g/mol. The molecule has 2 aromatic rings. The Kier molecular flexibility index (Phi) is 4.82. The van der Waals surface area contributed by atoms with Crippen LogP contribution in [0.5, 0.6) is 0 Å². The molecule has 0 radical (unpaired) electrons. The standard InChI is InChI=1S/C24H24N2O3/c1-14-8-9-18-20(13-14)24(29)26(23(18)28)21-7-5-4-6-19(21)22(27)25-17-11-15(2)10-16(3)12-17/h4-8,10-12,18,20H,9,13H2,1-3H3,(H,25,27)/t18-,20+/m1/s1. The van der Waals surface area contributed by atoms with E-state index in [1.54, 1.807) is 24.3 Å². The number of allylic oxidation sites excluding steroid dienone is 2. The summed E-state index contributed by atoms with van der Waals surface area (Å²) in [5.41, 5.74) is 4.59. The van der Waals surface area contributed by atoms with E-state index in [1.165, 1.54) is 4.90 Å². The quantitative estimate of drug-likeness (QED) is 0.626. The Morgan fingerprint density at radius 2 is 1.62 bits per heavy atom. The molecular formula is C24H24N2O3. The van der Waals surface area contributed by atoms with E-state index in [1.807, 2.05) is 45.0 Å². The minimum atomic E-state index is -0.338. The lowest BCUT2D eigenvalue weighted by molar-refractivity contribution is -0.122. The van der Waals surface area contributed by atoms with Gasteiger partial charge in [-0.1, -0.05) is 29.8 Å². The molecule has 4 rings (SSSR count). The van der Waals surface area contributed by atoms with Crippen molar-refractivity contribution in [3.8, 4) is 0 Å². The average Bonchev–Trinajstić information content (AvgIpc) is 2.91. The normalized spacial score (nSPS) is 21.1. The lowest BCUT2D eigenvalue weighted by Crippen LogP contribution is -2.33. The molecule has 3 amide bonds. The number of amides is 3. The number of rotatable bonds is 3. The van der Waals surface area contributed by atoms with Crippen LogP contribution in [0, 0.1) is 25.7 Å². The van der Waals surface area contributed by atoms with Gasteiger partial charge in [-0.25, -0.2) is 4.90 Å². The maximum Gasteiger partial charge on any atom is 0.257 e. The van der Waals surface area contributed by atoms with Gasteiger partial charge in [0.05, 0.1) is 23.1 Å². The van der Waals surface area contributed by atoms with Crippen LogP contribution < -0.4 is 10.2 Å².